The van der Waals surface area contributed by atoms with Gasteiger partial charge in [-0.05, 0) is 48.5 Å². The van der Waals surface area contributed by atoms with Crippen LogP contribution in [0.1, 0.15) is 17.0 Å². The first-order valence-electron chi connectivity index (χ1n) is 10.9. The number of rotatable bonds is 5. The van der Waals surface area contributed by atoms with Crippen molar-refractivity contribution in [2.75, 3.05) is 12.8 Å². The van der Waals surface area contributed by atoms with E-state index in [0.717, 1.165) is 59.1 Å². The van der Waals surface area contributed by atoms with E-state index in [1.165, 1.54) is 6.26 Å². The third-order valence-electron chi connectivity index (χ3n) is 5.89. The summed E-state index contributed by atoms with van der Waals surface area (Å²) in [5.41, 5.74) is 5.86. The first-order valence-corrected chi connectivity index (χ1v) is 13.2. The summed E-state index contributed by atoms with van der Waals surface area (Å²) in [6, 6.07) is 20.4. The Kier molecular flexibility index (Phi) is 6.16. The Bertz CT molecular complexity index is 1440. The lowest BCUT2D eigenvalue weighted by Crippen LogP contribution is -2.31. The molecule has 0 radical (unpaired) electrons. The zero-order chi connectivity index (χ0) is 23.7. The van der Waals surface area contributed by atoms with Crippen LogP contribution in [-0.4, -0.2) is 41.1 Å². The molecule has 0 N–H and O–H groups in total. The Hall–Kier alpha value is -3.13. The molecule has 8 heteroatoms. The summed E-state index contributed by atoms with van der Waals surface area (Å²) in [5.74, 6) is 0.722. The van der Waals surface area contributed by atoms with Gasteiger partial charge >= 0.3 is 0 Å². The van der Waals surface area contributed by atoms with Gasteiger partial charge in [-0.2, -0.15) is 0 Å². The van der Waals surface area contributed by atoms with Gasteiger partial charge in [0, 0.05) is 60.2 Å². The molecular formula is C26H23ClN4O2S. The Balaban J connectivity index is 1.29. The minimum Gasteiger partial charge on any atom is -0.293 e. The summed E-state index contributed by atoms with van der Waals surface area (Å²) in [6.45, 7) is 2.37. The molecule has 0 saturated carbocycles. The van der Waals surface area contributed by atoms with Crippen molar-refractivity contribution in [3.63, 3.8) is 0 Å². The highest BCUT2D eigenvalue weighted by molar-refractivity contribution is 7.90. The second-order valence-corrected chi connectivity index (χ2v) is 10.9. The van der Waals surface area contributed by atoms with Crippen molar-refractivity contribution in [2.24, 2.45) is 0 Å². The van der Waals surface area contributed by atoms with Crippen molar-refractivity contribution in [3.05, 3.63) is 94.9 Å². The number of hydrogen-bond acceptors (Lipinski definition) is 6. The first-order chi connectivity index (χ1) is 16.3. The lowest BCUT2D eigenvalue weighted by atomic mass is 10.1. The SMILES string of the molecule is CS(=O)(=O)c1ccc(-c2cccc(CN3CCc4nc(-c5ccc(Cl)cc5)ncc4C3)n2)cc1. The molecule has 4 aromatic rings. The number of fused-ring (bicyclic) bond motifs is 1. The summed E-state index contributed by atoms with van der Waals surface area (Å²) >= 11 is 5.99. The number of pyridine rings is 1. The number of nitrogens with zero attached hydrogens (tertiary/aromatic N) is 4. The van der Waals surface area contributed by atoms with E-state index in [1.807, 2.05) is 48.7 Å². The summed E-state index contributed by atoms with van der Waals surface area (Å²) in [5, 5.41) is 0.695. The second kappa shape index (κ2) is 9.25. The van der Waals surface area contributed by atoms with Gasteiger partial charge in [0.2, 0.25) is 0 Å². The van der Waals surface area contributed by atoms with E-state index in [9.17, 15) is 8.42 Å². The smallest absolute Gasteiger partial charge is 0.175 e. The van der Waals surface area contributed by atoms with Gasteiger partial charge in [-0.25, -0.2) is 18.4 Å². The highest BCUT2D eigenvalue weighted by Gasteiger charge is 2.19. The van der Waals surface area contributed by atoms with Crippen molar-refractivity contribution in [3.8, 4) is 22.6 Å². The van der Waals surface area contributed by atoms with Crippen molar-refractivity contribution in [2.45, 2.75) is 24.4 Å². The van der Waals surface area contributed by atoms with Crippen LogP contribution in [0.25, 0.3) is 22.6 Å². The second-order valence-electron chi connectivity index (χ2n) is 8.44. The summed E-state index contributed by atoms with van der Waals surface area (Å²) < 4.78 is 23.4. The Morgan fingerprint density at radius 3 is 2.41 bits per heavy atom. The molecule has 0 amide bonds. The zero-order valence-electron chi connectivity index (χ0n) is 18.6. The van der Waals surface area contributed by atoms with E-state index in [2.05, 4.69) is 9.88 Å². The first kappa shape index (κ1) is 22.7. The minimum absolute atomic E-state index is 0.306. The number of sulfone groups is 1. The van der Waals surface area contributed by atoms with Crippen LogP contribution in [0.3, 0.4) is 0 Å². The Labute approximate surface area is 204 Å². The largest absolute Gasteiger partial charge is 0.293 e. The molecule has 1 aliphatic heterocycles. The monoisotopic (exact) mass is 490 g/mol. The van der Waals surface area contributed by atoms with E-state index in [0.29, 0.717) is 16.5 Å². The molecule has 2 aromatic heterocycles. The van der Waals surface area contributed by atoms with Gasteiger partial charge in [0.15, 0.2) is 15.7 Å². The number of benzene rings is 2. The molecule has 5 rings (SSSR count). The quantitative estimate of drug-likeness (QED) is 0.399. The highest BCUT2D eigenvalue weighted by atomic mass is 35.5. The molecule has 34 heavy (non-hydrogen) atoms. The minimum atomic E-state index is -3.22. The van der Waals surface area contributed by atoms with Gasteiger partial charge in [-0.1, -0.05) is 29.8 Å². The maximum absolute atomic E-state index is 11.7. The van der Waals surface area contributed by atoms with Crippen LogP contribution in [0.4, 0.5) is 0 Å². The molecule has 0 atom stereocenters. The molecule has 172 valence electrons. The van der Waals surface area contributed by atoms with Crippen molar-refractivity contribution in [1.82, 2.24) is 19.9 Å². The maximum atomic E-state index is 11.7. The Morgan fingerprint density at radius 2 is 1.68 bits per heavy atom. The van der Waals surface area contributed by atoms with Crippen LogP contribution in [0, 0.1) is 0 Å². The zero-order valence-corrected chi connectivity index (χ0v) is 20.2. The average molecular weight is 491 g/mol. The maximum Gasteiger partial charge on any atom is 0.175 e. The fourth-order valence-electron chi connectivity index (χ4n) is 4.08. The van der Waals surface area contributed by atoms with Crippen LogP contribution in [0.2, 0.25) is 5.02 Å². The normalized spacial score (nSPS) is 14.1. The fourth-order valence-corrected chi connectivity index (χ4v) is 4.83. The van der Waals surface area contributed by atoms with Crippen LogP contribution in [-0.2, 0) is 29.3 Å². The predicted octanol–water partition coefficient (Wildman–Crippen LogP) is 4.82. The Morgan fingerprint density at radius 1 is 0.941 bits per heavy atom. The van der Waals surface area contributed by atoms with Crippen LogP contribution < -0.4 is 0 Å². The molecule has 6 nitrogen and oxygen atoms in total. The third-order valence-corrected chi connectivity index (χ3v) is 7.27. The van der Waals surface area contributed by atoms with Gasteiger partial charge in [0.1, 0.15) is 0 Å². The molecular weight excluding hydrogens is 468 g/mol. The van der Waals surface area contributed by atoms with Gasteiger partial charge < -0.3 is 0 Å². The van der Waals surface area contributed by atoms with E-state index in [1.54, 1.807) is 24.3 Å². The van der Waals surface area contributed by atoms with E-state index in [-0.39, 0.29) is 0 Å². The lowest BCUT2D eigenvalue weighted by Gasteiger charge is -2.27. The summed E-state index contributed by atoms with van der Waals surface area (Å²) in [4.78, 5) is 16.8. The molecule has 1 aliphatic rings. The van der Waals surface area contributed by atoms with Crippen LogP contribution >= 0.6 is 11.6 Å². The van der Waals surface area contributed by atoms with E-state index in [4.69, 9.17) is 21.6 Å². The van der Waals surface area contributed by atoms with Gasteiger partial charge in [-0.15, -0.1) is 0 Å². The molecule has 0 bridgehead atoms. The van der Waals surface area contributed by atoms with Crippen molar-refractivity contribution in [1.29, 1.82) is 0 Å². The average Bonchev–Trinajstić information content (AvgIpc) is 2.84. The molecule has 0 unspecified atom stereocenters. The molecule has 0 spiro atoms. The van der Waals surface area contributed by atoms with Gasteiger partial charge in [-0.3, -0.25) is 9.88 Å². The summed E-state index contributed by atoms with van der Waals surface area (Å²) in [6.07, 6.45) is 3.98. The topological polar surface area (TPSA) is 76.1 Å². The number of hydrogen-bond donors (Lipinski definition) is 0. The van der Waals surface area contributed by atoms with Crippen molar-refractivity contribution < 1.29 is 8.42 Å². The molecule has 0 fully saturated rings. The lowest BCUT2D eigenvalue weighted by molar-refractivity contribution is 0.240. The van der Waals surface area contributed by atoms with Crippen LogP contribution in [0.15, 0.2) is 77.8 Å². The van der Waals surface area contributed by atoms with Gasteiger partial charge in [0.25, 0.3) is 0 Å². The standard InChI is InChI=1S/C26H23ClN4O2S/c1-34(32,33)23-11-7-18(8-12-23)24-4-2-3-22(29-24)17-31-14-13-25-20(16-31)15-28-26(30-25)19-5-9-21(27)10-6-19/h2-12,15H,13-14,16-17H2,1H3. The molecule has 0 saturated heterocycles. The van der Waals surface area contributed by atoms with E-state index >= 15 is 0 Å². The molecule has 2 aromatic carbocycles. The fraction of sp³-hybridized carbons (Fsp3) is 0.192. The number of halogens is 1. The van der Waals surface area contributed by atoms with Crippen molar-refractivity contribution >= 4 is 21.4 Å². The van der Waals surface area contributed by atoms with Crippen LogP contribution in [0.5, 0.6) is 0 Å². The van der Waals surface area contributed by atoms with Gasteiger partial charge in [0.05, 0.1) is 22.0 Å². The molecule has 0 aliphatic carbocycles. The molecule has 3 heterocycles. The van der Waals surface area contributed by atoms with E-state index < -0.39 is 9.84 Å². The predicted molar refractivity (Wildman–Crippen MR) is 133 cm³/mol. The number of aromatic nitrogens is 3. The highest BCUT2D eigenvalue weighted by Crippen LogP contribution is 2.24. The summed E-state index contributed by atoms with van der Waals surface area (Å²) in [7, 11) is -3.22. The third kappa shape index (κ3) is 5.01.